The predicted molar refractivity (Wildman–Crippen MR) is 82.9 cm³/mol. The Morgan fingerprint density at radius 1 is 1.29 bits per heavy atom. The molecular formula is C16H23N3O2. The Balaban J connectivity index is 1.52. The van der Waals surface area contributed by atoms with Crippen LogP contribution < -0.4 is 11.1 Å². The highest BCUT2D eigenvalue weighted by Crippen LogP contribution is 2.35. The quantitative estimate of drug-likeness (QED) is 0.735. The Kier molecular flexibility index (Phi) is 4.12. The number of para-hydroxylation sites is 2. The Labute approximate surface area is 125 Å². The normalized spacial score (nSPS) is 28.5. The van der Waals surface area contributed by atoms with Crippen molar-refractivity contribution in [2.45, 2.75) is 50.3 Å². The Hall–Kier alpha value is -1.59. The Morgan fingerprint density at radius 3 is 2.62 bits per heavy atom. The SMILES string of the molecule is Nc1ccccc1NC(=O)CCN1C2CCC1CC(O)C2. The molecule has 4 N–H and O–H groups in total. The number of anilines is 2. The van der Waals surface area contributed by atoms with Crippen LogP contribution in [-0.4, -0.2) is 40.6 Å². The minimum Gasteiger partial charge on any atom is -0.397 e. The lowest BCUT2D eigenvalue weighted by atomic mass is 10.00. The largest absolute Gasteiger partial charge is 0.397 e. The highest BCUT2D eigenvalue weighted by molar-refractivity contribution is 5.93. The van der Waals surface area contributed by atoms with E-state index in [9.17, 15) is 9.90 Å². The first-order valence-corrected chi connectivity index (χ1v) is 7.71. The molecule has 5 nitrogen and oxygen atoms in total. The molecule has 21 heavy (non-hydrogen) atoms. The lowest BCUT2D eigenvalue weighted by Gasteiger charge is -2.36. The van der Waals surface area contributed by atoms with E-state index in [-0.39, 0.29) is 12.0 Å². The maximum absolute atomic E-state index is 12.1. The van der Waals surface area contributed by atoms with Crippen molar-refractivity contribution >= 4 is 17.3 Å². The second-order valence-corrected chi connectivity index (χ2v) is 6.13. The zero-order valence-electron chi connectivity index (χ0n) is 12.2. The zero-order valence-corrected chi connectivity index (χ0v) is 12.2. The van der Waals surface area contributed by atoms with Crippen molar-refractivity contribution in [2.24, 2.45) is 0 Å². The van der Waals surface area contributed by atoms with Crippen LogP contribution in [0.25, 0.3) is 0 Å². The first kappa shape index (κ1) is 14.4. The van der Waals surface area contributed by atoms with E-state index in [1.807, 2.05) is 18.2 Å². The number of nitrogens with two attached hydrogens (primary N) is 1. The molecule has 2 unspecified atom stereocenters. The number of aliphatic hydroxyl groups is 1. The number of hydrogen-bond acceptors (Lipinski definition) is 4. The molecule has 2 atom stereocenters. The van der Waals surface area contributed by atoms with Gasteiger partial charge in [-0.2, -0.15) is 0 Å². The number of piperidine rings is 1. The average Bonchev–Trinajstić information content (AvgIpc) is 2.69. The first-order valence-electron chi connectivity index (χ1n) is 7.71. The van der Waals surface area contributed by atoms with Gasteiger partial charge in [-0.1, -0.05) is 12.1 Å². The molecule has 2 aliphatic heterocycles. The Morgan fingerprint density at radius 2 is 1.95 bits per heavy atom. The van der Waals surface area contributed by atoms with Gasteiger partial charge in [0.25, 0.3) is 0 Å². The van der Waals surface area contributed by atoms with E-state index in [0.29, 0.717) is 29.9 Å². The number of nitrogens with zero attached hydrogens (tertiary/aromatic N) is 1. The third kappa shape index (κ3) is 3.19. The fraction of sp³-hybridized carbons (Fsp3) is 0.562. The summed E-state index contributed by atoms with van der Waals surface area (Å²) in [6.07, 6.45) is 4.31. The van der Waals surface area contributed by atoms with E-state index in [0.717, 1.165) is 32.2 Å². The van der Waals surface area contributed by atoms with Gasteiger partial charge >= 0.3 is 0 Å². The summed E-state index contributed by atoms with van der Waals surface area (Å²) in [6.45, 7) is 0.765. The predicted octanol–water partition coefficient (Wildman–Crippen LogP) is 1.59. The fourth-order valence-electron chi connectivity index (χ4n) is 3.66. The zero-order chi connectivity index (χ0) is 14.8. The number of aliphatic hydroxyl groups excluding tert-OH is 1. The second kappa shape index (κ2) is 6.03. The minimum absolute atomic E-state index is 0.00146. The van der Waals surface area contributed by atoms with E-state index >= 15 is 0 Å². The summed E-state index contributed by atoms with van der Waals surface area (Å²) < 4.78 is 0. The summed E-state index contributed by atoms with van der Waals surface area (Å²) in [5.41, 5.74) is 7.09. The van der Waals surface area contributed by atoms with Crippen LogP contribution in [0, 0.1) is 0 Å². The monoisotopic (exact) mass is 289 g/mol. The molecule has 0 aliphatic carbocycles. The van der Waals surface area contributed by atoms with Crippen molar-refractivity contribution in [2.75, 3.05) is 17.6 Å². The van der Waals surface area contributed by atoms with Gasteiger partial charge in [-0.3, -0.25) is 9.69 Å². The van der Waals surface area contributed by atoms with E-state index < -0.39 is 0 Å². The van der Waals surface area contributed by atoms with E-state index in [4.69, 9.17) is 5.73 Å². The maximum atomic E-state index is 12.1. The number of carbonyl (C=O) groups excluding carboxylic acids is 1. The van der Waals surface area contributed by atoms with Crippen molar-refractivity contribution in [3.63, 3.8) is 0 Å². The number of hydrogen-bond donors (Lipinski definition) is 3. The molecule has 1 amide bonds. The van der Waals surface area contributed by atoms with Crippen molar-refractivity contribution in [1.82, 2.24) is 4.90 Å². The summed E-state index contributed by atoms with van der Waals surface area (Å²) in [6, 6.07) is 8.21. The standard InChI is InChI=1S/C16H23N3O2/c17-14-3-1-2-4-15(14)18-16(21)7-8-19-11-5-6-12(19)10-13(20)9-11/h1-4,11-13,20H,5-10,17H2,(H,18,21). The van der Waals surface area contributed by atoms with E-state index in [1.54, 1.807) is 6.07 Å². The van der Waals surface area contributed by atoms with Crippen LogP contribution >= 0.6 is 0 Å². The molecule has 0 aromatic heterocycles. The summed E-state index contributed by atoms with van der Waals surface area (Å²) in [7, 11) is 0. The number of benzene rings is 1. The first-order chi connectivity index (χ1) is 10.1. The van der Waals surface area contributed by atoms with Crippen LogP contribution in [0.3, 0.4) is 0 Å². The minimum atomic E-state index is -0.156. The van der Waals surface area contributed by atoms with Gasteiger partial charge in [0.2, 0.25) is 5.91 Å². The smallest absolute Gasteiger partial charge is 0.225 e. The number of amides is 1. The van der Waals surface area contributed by atoms with Crippen LogP contribution in [-0.2, 0) is 4.79 Å². The van der Waals surface area contributed by atoms with Crippen LogP contribution in [0.2, 0.25) is 0 Å². The molecule has 2 aliphatic rings. The fourth-order valence-corrected chi connectivity index (χ4v) is 3.66. The van der Waals surface area contributed by atoms with Gasteiger partial charge < -0.3 is 16.2 Å². The second-order valence-electron chi connectivity index (χ2n) is 6.13. The summed E-state index contributed by atoms with van der Waals surface area (Å²) in [4.78, 5) is 14.5. The highest BCUT2D eigenvalue weighted by atomic mass is 16.3. The van der Waals surface area contributed by atoms with Gasteiger partial charge in [-0.05, 0) is 37.8 Å². The molecule has 0 saturated carbocycles. The number of nitrogens with one attached hydrogen (secondary N) is 1. The number of nitrogen functional groups attached to an aromatic ring is 1. The third-order valence-electron chi connectivity index (χ3n) is 4.69. The van der Waals surface area contributed by atoms with Gasteiger partial charge in [0, 0.05) is 25.0 Å². The maximum Gasteiger partial charge on any atom is 0.225 e. The van der Waals surface area contributed by atoms with E-state index in [2.05, 4.69) is 10.2 Å². The molecule has 2 bridgehead atoms. The number of carbonyl (C=O) groups is 1. The van der Waals surface area contributed by atoms with Crippen molar-refractivity contribution in [1.29, 1.82) is 0 Å². The van der Waals surface area contributed by atoms with Crippen LogP contribution in [0.5, 0.6) is 0 Å². The number of fused-ring (bicyclic) bond motifs is 2. The highest BCUT2D eigenvalue weighted by Gasteiger charge is 2.39. The Bertz CT molecular complexity index is 506. The van der Waals surface area contributed by atoms with Crippen molar-refractivity contribution in [3.8, 4) is 0 Å². The van der Waals surface area contributed by atoms with E-state index in [1.165, 1.54) is 0 Å². The summed E-state index contributed by atoms with van der Waals surface area (Å²) in [5, 5.41) is 12.7. The van der Waals surface area contributed by atoms with Crippen molar-refractivity contribution < 1.29 is 9.90 Å². The van der Waals surface area contributed by atoms with Gasteiger partial charge in [-0.25, -0.2) is 0 Å². The average molecular weight is 289 g/mol. The molecule has 0 spiro atoms. The topological polar surface area (TPSA) is 78.6 Å². The lowest BCUT2D eigenvalue weighted by molar-refractivity contribution is -0.116. The lowest BCUT2D eigenvalue weighted by Crippen LogP contribution is -2.45. The van der Waals surface area contributed by atoms with Crippen molar-refractivity contribution in [3.05, 3.63) is 24.3 Å². The molecule has 5 heteroatoms. The molecule has 2 fully saturated rings. The molecule has 0 radical (unpaired) electrons. The van der Waals surface area contributed by atoms with Gasteiger partial charge in [-0.15, -0.1) is 0 Å². The molecule has 3 rings (SSSR count). The van der Waals surface area contributed by atoms with Crippen LogP contribution in [0.4, 0.5) is 11.4 Å². The summed E-state index contributed by atoms with van der Waals surface area (Å²) >= 11 is 0. The molecule has 2 heterocycles. The third-order valence-corrected chi connectivity index (χ3v) is 4.69. The molecule has 2 saturated heterocycles. The molecule has 114 valence electrons. The van der Waals surface area contributed by atoms with Gasteiger partial charge in [0.1, 0.15) is 0 Å². The van der Waals surface area contributed by atoms with Crippen LogP contribution in [0.15, 0.2) is 24.3 Å². The summed E-state index contributed by atoms with van der Waals surface area (Å²) in [5.74, 6) is -0.00146. The molecule has 1 aromatic carbocycles. The molecule has 1 aromatic rings. The number of rotatable bonds is 4. The molecular weight excluding hydrogens is 266 g/mol. The van der Waals surface area contributed by atoms with Gasteiger partial charge in [0.05, 0.1) is 17.5 Å². The van der Waals surface area contributed by atoms with Crippen LogP contribution in [0.1, 0.15) is 32.1 Å². The van der Waals surface area contributed by atoms with Gasteiger partial charge in [0.15, 0.2) is 0 Å².